The number of pyridine rings is 1. The molecular weight excluding hydrogens is 462 g/mol. The van der Waals surface area contributed by atoms with Crippen LogP contribution in [0.1, 0.15) is 106 Å². The number of nitrogens with one attached hydrogen (secondary N) is 1. The second kappa shape index (κ2) is 11.1. The van der Waals surface area contributed by atoms with Crippen LogP contribution in [0, 0.1) is 5.41 Å². The van der Waals surface area contributed by atoms with Crippen molar-refractivity contribution >= 4 is 21.6 Å². The van der Waals surface area contributed by atoms with E-state index >= 15 is 0 Å². The number of benzene rings is 1. The Morgan fingerprint density at radius 3 is 1.69 bits per heavy atom. The van der Waals surface area contributed by atoms with Gasteiger partial charge in [0.05, 0.1) is 11.4 Å². The lowest BCUT2D eigenvalue weighted by atomic mass is 10.0. The van der Waals surface area contributed by atoms with E-state index in [4.69, 9.17) is 4.98 Å². The highest BCUT2D eigenvalue weighted by Gasteiger charge is 2.43. The van der Waals surface area contributed by atoms with Gasteiger partial charge in [-0.3, -0.25) is 4.98 Å². The maximum absolute atomic E-state index is 9.40. The van der Waals surface area contributed by atoms with Gasteiger partial charge >= 0.3 is 0 Å². The maximum atomic E-state index is 9.40. The molecule has 1 unspecified atom stereocenters. The number of nitrogens with zero attached hydrogens (tertiary/aromatic N) is 1. The summed E-state index contributed by atoms with van der Waals surface area (Å²) in [5, 5.41) is 10.1. The standard InChI is InChI=1S/C31H50N2P2/c1-28(2,3)34(29(4,5)6)22-24-19-16-20-26(33-24)27(35(30(7,8)9)31(10,11)12)25(32)21-23-17-14-13-15-18-23/h13-20,27,32H,21-22H2,1-12H3. The molecule has 1 N–H and O–H groups in total. The molecule has 194 valence electrons. The van der Waals surface area contributed by atoms with Gasteiger partial charge in [0.2, 0.25) is 0 Å². The average Bonchev–Trinajstić information content (AvgIpc) is 2.67. The number of rotatable bonds is 7. The zero-order valence-electron chi connectivity index (χ0n) is 24.5. The summed E-state index contributed by atoms with van der Waals surface area (Å²) >= 11 is 0. The minimum atomic E-state index is -0.578. The summed E-state index contributed by atoms with van der Waals surface area (Å²) in [5.41, 5.74) is 4.33. The molecule has 0 saturated heterocycles. The molecule has 0 fully saturated rings. The minimum absolute atomic E-state index is 0.0423. The molecule has 0 aliphatic carbocycles. The van der Waals surface area contributed by atoms with Crippen molar-refractivity contribution in [3.63, 3.8) is 0 Å². The van der Waals surface area contributed by atoms with E-state index in [2.05, 4.69) is 132 Å². The van der Waals surface area contributed by atoms with Crippen molar-refractivity contribution in [2.75, 3.05) is 0 Å². The third-order valence-electron chi connectivity index (χ3n) is 6.32. The molecule has 1 heterocycles. The lowest BCUT2D eigenvalue weighted by Crippen LogP contribution is -2.32. The SMILES string of the molecule is CC(C)(C)P(Cc1cccc(C(C(=N)Cc2ccccc2)P(C(C)(C)C)C(C)(C)C)n1)C(C)(C)C. The maximum Gasteiger partial charge on any atom is 0.0602 e. The van der Waals surface area contributed by atoms with Crippen molar-refractivity contribution in [3.05, 3.63) is 65.5 Å². The zero-order chi connectivity index (χ0) is 26.8. The predicted molar refractivity (Wildman–Crippen MR) is 161 cm³/mol. The molecule has 0 aliphatic heterocycles. The molecule has 1 atom stereocenters. The van der Waals surface area contributed by atoms with Crippen molar-refractivity contribution in [1.82, 2.24) is 4.98 Å². The molecule has 2 aromatic rings. The summed E-state index contributed by atoms with van der Waals surface area (Å²) in [4.78, 5) is 5.34. The van der Waals surface area contributed by atoms with Gasteiger partial charge in [0, 0.05) is 24.0 Å². The van der Waals surface area contributed by atoms with E-state index in [1.54, 1.807) is 0 Å². The minimum Gasteiger partial charge on any atom is -0.308 e. The van der Waals surface area contributed by atoms with Gasteiger partial charge in [0.15, 0.2) is 0 Å². The van der Waals surface area contributed by atoms with Gasteiger partial charge in [-0.2, -0.15) is 0 Å². The Morgan fingerprint density at radius 1 is 0.714 bits per heavy atom. The van der Waals surface area contributed by atoms with Crippen molar-refractivity contribution in [1.29, 1.82) is 5.41 Å². The van der Waals surface area contributed by atoms with Gasteiger partial charge in [0.25, 0.3) is 0 Å². The second-order valence-electron chi connectivity index (χ2n) is 13.8. The summed E-state index contributed by atoms with van der Waals surface area (Å²) in [6.45, 7) is 28.4. The molecule has 2 rings (SSSR count). The van der Waals surface area contributed by atoms with Crippen LogP contribution < -0.4 is 0 Å². The van der Waals surface area contributed by atoms with Crippen LogP contribution in [0.3, 0.4) is 0 Å². The highest BCUT2D eigenvalue weighted by molar-refractivity contribution is 7.62. The van der Waals surface area contributed by atoms with E-state index in [0.29, 0.717) is 6.42 Å². The molecule has 2 nitrogen and oxygen atoms in total. The summed E-state index contributed by atoms with van der Waals surface area (Å²) in [7, 11) is -0.855. The first-order valence-electron chi connectivity index (χ1n) is 13.0. The fourth-order valence-electron chi connectivity index (χ4n) is 5.54. The highest BCUT2D eigenvalue weighted by atomic mass is 31.1. The van der Waals surface area contributed by atoms with E-state index in [-0.39, 0.29) is 34.2 Å². The third kappa shape index (κ3) is 8.47. The molecule has 4 heteroatoms. The van der Waals surface area contributed by atoms with Crippen molar-refractivity contribution < 1.29 is 0 Å². The van der Waals surface area contributed by atoms with Gasteiger partial charge < -0.3 is 5.41 Å². The van der Waals surface area contributed by atoms with Crippen LogP contribution in [0.5, 0.6) is 0 Å². The fourth-order valence-corrected chi connectivity index (χ4v) is 13.4. The number of hydrogen-bond acceptors (Lipinski definition) is 2. The lowest BCUT2D eigenvalue weighted by molar-refractivity contribution is 0.694. The molecule has 0 aliphatic rings. The average molecular weight is 513 g/mol. The molecule has 0 saturated carbocycles. The lowest BCUT2D eigenvalue weighted by Gasteiger charge is -2.46. The smallest absolute Gasteiger partial charge is 0.0602 e. The first-order chi connectivity index (χ1) is 15.8. The summed E-state index contributed by atoms with van der Waals surface area (Å²) in [6, 6.07) is 17.1. The quantitative estimate of drug-likeness (QED) is 0.291. The molecule has 0 spiro atoms. The van der Waals surface area contributed by atoms with Gasteiger partial charge in [-0.05, 0) is 38.3 Å². The molecule has 35 heavy (non-hydrogen) atoms. The first-order valence-corrected chi connectivity index (χ1v) is 15.9. The van der Waals surface area contributed by atoms with Gasteiger partial charge in [0.1, 0.15) is 0 Å². The van der Waals surface area contributed by atoms with Crippen LogP contribution in [0.2, 0.25) is 0 Å². The topological polar surface area (TPSA) is 36.7 Å². The van der Waals surface area contributed by atoms with Crippen LogP contribution in [0.4, 0.5) is 0 Å². The molecule has 0 amide bonds. The van der Waals surface area contributed by atoms with Crippen LogP contribution in [-0.2, 0) is 12.6 Å². The van der Waals surface area contributed by atoms with Crippen molar-refractivity contribution in [2.24, 2.45) is 0 Å². The van der Waals surface area contributed by atoms with Crippen LogP contribution in [0.15, 0.2) is 48.5 Å². The Balaban J connectivity index is 2.59. The molecule has 0 bridgehead atoms. The summed E-state index contributed by atoms with van der Waals surface area (Å²) in [5.74, 6) is 0. The normalized spacial score (nSPS) is 14.5. The predicted octanol–water partition coefficient (Wildman–Crippen LogP) is 10.0. The molecule has 1 aromatic heterocycles. The Hall–Kier alpha value is -1.10. The van der Waals surface area contributed by atoms with E-state index in [9.17, 15) is 5.41 Å². The van der Waals surface area contributed by atoms with E-state index in [0.717, 1.165) is 17.6 Å². The second-order valence-corrected chi connectivity index (χ2v) is 21.6. The molecular formula is C31H50N2P2. The third-order valence-corrected chi connectivity index (χ3v) is 14.2. The van der Waals surface area contributed by atoms with E-state index in [1.165, 1.54) is 11.3 Å². The Kier molecular flexibility index (Phi) is 9.56. The molecule has 1 aromatic carbocycles. The Labute approximate surface area is 219 Å². The van der Waals surface area contributed by atoms with Gasteiger partial charge in [-0.25, -0.2) is 0 Å². The van der Waals surface area contributed by atoms with E-state index in [1.807, 2.05) is 0 Å². The fraction of sp³-hybridized carbons (Fsp3) is 0.613. The van der Waals surface area contributed by atoms with E-state index < -0.39 is 7.92 Å². The monoisotopic (exact) mass is 512 g/mol. The van der Waals surface area contributed by atoms with Gasteiger partial charge in [-0.1, -0.05) is 135 Å². The highest BCUT2D eigenvalue weighted by Crippen LogP contribution is 2.68. The first kappa shape index (κ1) is 30.1. The Morgan fingerprint density at radius 2 is 1.23 bits per heavy atom. The van der Waals surface area contributed by atoms with Crippen molar-refractivity contribution in [2.45, 2.75) is 122 Å². The molecule has 0 radical (unpaired) electrons. The Bertz CT molecular complexity index is 942. The number of hydrogen-bond donors (Lipinski definition) is 1. The van der Waals surface area contributed by atoms with Crippen LogP contribution in [0.25, 0.3) is 0 Å². The zero-order valence-corrected chi connectivity index (χ0v) is 26.2. The van der Waals surface area contributed by atoms with Crippen molar-refractivity contribution in [3.8, 4) is 0 Å². The summed E-state index contributed by atoms with van der Waals surface area (Å²) in [6.07, 6.45) is 1.71. The van der Waals surface area contributed by atoms with Gasteiger partial charge in [-0.15, -0.1) is 0 Å². The van der Waals surface area contributed by atoms with Crippen LogP contribution >= 0.6 is 15.8 Å². The largest absolute Gasteiger partial charge is 0.308 e. The van der Waals surface area contributed by atoms with Crippen LogP contribution in [-0.4, -0.2) is 31.3 Å². The summed E-state index contributed by atoms with van der Waals surface area (Å²) < 4.78 is 0. The number of aromatic nitrogens is 1.